The van der Waals surface area contributed by atoms with Crippen molar-refractivity contribution in [3.05, 3.63) is 35.1 Å². The largest absolute Gasteiger partial charge is 0.350 e. The van der Waals surface area contributed by atoms with Crippen LogP contribution in [0.5, 0.6) is 0 Å². The van der Waals surface area contributed by atoms with E-state index in [2.05, 4.69) is 26.1 Å². The number of halogens is 1. The molecule has 0 spiro atoms. The molecule has 0 saturated heterocycles. The van der Waals surface area contributed by atoms with Gasteiger partial charge >= 0.3 is 0 Å². The Morgan fingerprint density at radius 1 is 1.42 bits per heavy atom. The molecule has 0 heterocycles. The van der Waals surface area contributed by atoms with Crippen molar-refractivity contribution in [2.75, 3.05) is 6.54 Å². The van der Waals surface area contributed by atoms with E-state index in [9.17, 15) is 9.18 Å². The summed E-state index contributed by atoms with van der Waals surface area (Å²) in [6, 6.07) is 4.09. The van der Waals surface area contributed by atoms with Gasteiger partial charge in [0.15, 0.2) is 0 Å². The molecule has 3 N–H and O–H groups in total. The molecule has 4 heteroatoms. The van der Waals surface area contributed by atoms with Gasteiger partial charge in [0.1, 0.15) is 5.82 Å². The molecule has 0 fully saturated rings. The van der Waals surface area contributed by atoms with E-state index in [-0.39, 0.29) is 17.4 Å². The molecule has 1 aromatic rings. The molecule has 1 rings (SSSR count). The zero-order chi connectivity index (χ0) is 14.6. The third-order valence-corrected chi connectivity index (χ3v) is 2.84. The number of rotatable bonds is 4. The van der Waals surface area contributed by atoms with E-state index in [0.717, 1.165) is 12.0 Å². The van der Waals surface area contributed by atoms with E-state index in [1.165, 1.54) is 12.1 Å². The maximum Gasteiger partial charge on any atom is 0.251 e. The maximum absolute atomic E-state index is 13.1. The lowest BCUT2D eigenvalue weighted by Gasteiger charge is -2.23. The van der Waals surface area contributed by atoms with Gasteiger partial charge in [-0.3, -0.25) is 4.79 Å². The Morgan fingerprint density at radius 2 is 2.05 bits per heavy atom. The van der Waals surface area contributed by atoms with E-state index < -0.39 is 5.82 Å². The Bertz CT molecular complexity index is 452. The zero-order valence-electron chi connectivity index (χ0n) is 12.1. The maximum atomic E-state index is 13.1. The second kappa shape index (κ2) is 6.15. The number of nitrogens with one attached hydrogen (secondary N) is 1. The number of hydrogen-bond donors (Lipinski definition) is 2. The minimum absolute atomic E-state index is 0.0992. The van der Waals surface area contributed by atoms with Crippen LogP contribution >= 0.6 is 0 Å². The summed E-state index contributed by atoms with van der Waals surface area (Å²) < 4.78 is 13.1. The fraction of sp³-hybridized carbons (Fsp3) is 0.533. The second-order valence-corrected chi connectivity index (χ2v) is 6.19. The van der Waals surface area contributed by atoms with Crippen molar-refractivity contribution in [2.24, 2.45) is 11.1 Å². The number of carbonyl (C=O) groups is 1. The first-order valence-corrected chi connectivity index (χ1v) is 6.49. The molecular weight excluding hydrogens is 243 g/mol. The van der Waals surface area contributed by atoms with Crippen LogP contribution in [0, 0.1) is 18.2 Å². The van der Waals surface area contributed by atoms with Crippen molar-refractivity contribution in [3.8, 4) is 0 Å². The SMILES string of the molecule is Cc1ccc(F)cc1C(=O)NCC(N)CC(C)(C)C. The Morgan fingerprint density at radius 3 is 2.63 bits per heavy atom. The number of nitrogens with two attached hydrogens (primary N) is 1. The Kier molecular flexibility index (Phi) is 5.06. The van der Waals surface area contributed by atoms with Crippen LogP contribution in [0.3, 0.4) is 0 Å². The van der Waals surface area contributed by atoms with Gasteiger partial charge in [0, 0.05) is 18.2 Å². The molecule has 19 heavy (non-hydrogen) atoms. The molecular formula is C15H23FN2O. The van der Waals surface area contributed by atoms with Crippen LogP contribution in [0.2, 0.25) is 0 Å². The van der Waals surface area contributed by atoms with E-state index in [1.54, 1.807) is 13.0 Å². The first kappa shape index (κ1) is 15.6. The summed E-state index contributed by atoms with van der Waals surface area (Å²) >= 11 is 0. The molecule has 0 radical (unpaired) electrons. The quantitative estimate of drug-likeness (QED) is 0.880. The minimum Gasteiger partial charge on any atom is -0.350 e. The number of carbonyl (C=O) groups excluding carboxylic acids is 1. The number of aryl methyl sites for hydroxylation is 1. The first-order chi connectivity index (χ1) is 8.69. The fourth-order valence-corrected chi connectivity index (χ4v) is 2.02. The average molecular weight is 266 g/mol. The highest BCUT2D eigenvalue weighted by atomic mass is 19.1. The zero-order valence-corrected chi connectivity index (χ0v) is 12.1. The minimum atomic E-state index is -0.408. The lowest BCUT2D eigenvalue weighted by atomic mass is 9.88. The predicted octanol–water partition coefficient (Wildman–Crippen LogP) is 2.63. The van der Waals surface area contributed by atoms with Gasteiger partial charge in [-0.25, -0.2) is 4.39 Å². The third-order valence-electron chi connectivity index (χ3n) is 2.84. The van der Waals surface area contributed by atoms with Crippen LogP contribution in [0.15, 0.2) is 18.2 Å². The van der Waals surface area contributed by atoms with Crippen LogP contribution in [-0.2, 0) is 0 Å². The van der Waals surface area contributed by atoms with Crippen LogP contribution in [0.1, 0.15) is 43.1 Å². The van der Waals surface area contributed by atoms with Crippen LogP contribution in [0.4, 0.5) is 4.39 Å². The molecule has 1 atom stereocenters. The molecule has 1 aromatic carbocycles. The lowest BCUT2D eigenvalue weighted by molar-refractivity contribution is 0.0947. The molecule has 1 unspecified atom stereocenters. The van der Waals surface area contributed by atoms with E-state index >= 15 is 0 Å². The smallest absolute Gasteiger partial charge is 0.251 e. The highest BCUT2D eigenvalue weighted by Gasteiger charge is 2.17. The second-order valence-electron chi connectivity index (χ2n) is 6.19. The summed E-state index contributed by atoms with van der Waals surface area (Å²) in [4.78, 5) is 12.0. The topological polar surface area (TPSA) is 55.1 Å². The fourth-order valence-electron chi connectivity index (χ4n) is 2.02. The number of hydrogen-bond acceptors (Lipinski definition) is 2. The van der Waals surface area contributed by atoms with E-state index in [4.69, 9.17) is 5.73 Å². The molecule has 0 aliphatic rings. The van der Waals surface area contributed by atoms with Gasteiger partial charge in [-0.2, -0.15) is 0 Å². The van der Waals surface area contributed by atoms with Crippen molar-refractivity contribution in [1.29, 1.82) is 0 Å². The van der Waals surface area contributed by atoms with E-state index in [0.29, 0.717) is 12.1 Å². The van der Waals surface area contributed by atoms with Crippen LogP contribution in [0.25, 0.3) is 0 Å². The van der Waals surface area contributed by atoms with Crippen molar-refractivity contribution in [2.45, 2.75) is 40.2 Å². The molecule has 3 nitrogen and oxygen atoms in total. The highest BCUT2D eigenvalue weighted by Crippen LogP contribution is 2.19. The summed E-state index contributed by atoms with van der Waals surface area (Å²) in [7, 11) is 0. The molecule has 0 aliphatic carbocycles. The monoisotopic (exact) mass is 266 g/mol. The normalized spacial score (nSPS) is 13.2. The third kappa shape index (κ3) is 5.39. The van der Waals surface area contributed by atoms with Crippen molar-refractivity contribution in [3.63, 3.8) is 0 Å². The molecule has 0 saturated carbocycles. The Hall–Kier alpha value is -1.42. The Labute approximate surface area is 114 Å². The number of benzene rings is 1. The lowest BCUT2D eigenvalue weighted by Crippen LogP contribution is -2.39. The molecule has 1 amide bonds. The Balaban J connectivity index is 2.58. The average Bonchev–Trinajstić information content (AvgIpc) is 2.27. The van der Waals surface area contributed by atoms with Gasteiger partial charge in [0.25, 0.3) is 5.91 Å². The summed E-state index contributed by atoms with van der Waals surface area (Å²) in [5.74, 6) is -0.684. The summed E-state index contributed by atoms with van der Waals surface area (Å²) in [5, 5.41) is 2.76. The van der Waals surface area contributed by atoms with E-state index in [1.807, 2.05) is 0 Å². The number of amides is 1. The van der Waals surface area contributed by atoms with Crippen molar-refractivity contribution >= 4 is 5.91 Å². The van der Waals surface area contributed by atoms with Gasteiger partial charge in [0.2, 0.25) is 0 Å². The van der Waals surface area contributed by atoms with Crippen molar-refractivity contribution < 1.29 is 9.18 Å². The van der Waals surface area contributed by atoms with Gasteiger partial charge < -0.3 is 11.1 Å². The van der Waals surface area contributed by atoms with Gasteiger partial charge in [-0.05, 0) is 36.5 Å². The standard InChI is InChI=1S/C15H23FN2O/c1-10-5-6-11(16)7-13(10)14(19)18-9-12(17)8-15(2,3)4/h5-7,12H,8-9,17H2,1-4H3,(H,18,19). The summed E-state index contributed by atoms with van der Waals surface area (Å²) in [6.45, 7) is 8.48. The summed E-state index contributed by atoms with van der Waals surface area (Å²) in [5.41, 5.74) is 7.21. The first-order valence-electron chi connectivity index (χ1n) is 6.49. The summed E-state index contributed by atoms with van der Waals surface area (Å²) in [6.07, 6.45) is 0.815. The van der Waals surface area contributed by atoms with Crippen LogP contribution < -0.4 is 11.1 Å². The van der Waals surface area contributed by atoms with Crippen molar-refractivity contribution in [1.82, 2.24) is 5.32 Å². The van der Waals surface area contributed by atoms with Crippen LogP contribution in [-0.4, -0.2) is 18.5 Å². The van der Waals surface area contributed by atoms with Gasteiger partial charge in [0.05, 0.1) is 0 Å². The van der Waals surface area contributed by atoms with Gasteiger partial charge in [-0.15, -0.1) is 0 Å². The molecule has 0 aliphatic heterocycles. The highest BCUT2D eigenvalue weighted by molar-refractivity contribution is 5.95. The molecule has 0 aromatic heterocycles. The molecule has 106 valence electrons. The van der Waals surface area contributed by atoms with Gasteiger partial charge in [-0.1, -0.05) is 26.8 Å². The molecule has 0 bridgehead atoms. The predicted molar refractivity (Wildman–Crippen MR) is 75.5 cm³/mol.